The lowest BCUT2D eigenvalue weighted by Crippen LogP contribution is -2.57. The molecule has 4 bridgehead atoms. The molecule has 1 aliphatic heterocycles. The van der Waals surface area contributed by atoms with Crippen molar-refractivity contribution in [2.45, 2.75) is 49.7 Å². The molecular formula is C22H24FN5O. The van der Waals surface area contributed by atoms with Crippen molar-refractivity contribution in [3.05, 3.63) is 35.8 Å². The van der Waals surface area contributed by atoms with Crippen molar-refractivity contribution < 1.29 is 9.18 Å². The molecule has 7 rings (SSSR count). The second kappa shape index (κ2) is 5.68. The van der Waals surface area contributed by atoms with Crippen LogP contribution in [0.5, 0.6) is 0 Å². The number of benzene rings is 1. The fraction of sp³-hybridized carbons (Fsp3) is 0.500. The molecule has 2 heterocycles. The Morgan fingerprint density at radius 2 is 2.03 bits per heavy atom. The second-order valence-corrected chi connectivity index (χ2v) is 9.54. The molecule has 1 aromatic carbocycles. The maximum absolute atomic E-state index is 15.2. The molecule has 0 spiro atoms. The number of carbonyl (C=O) groups excluding carboxylic acids is 1. The summed E-state index contributed by atoms with van der Waals surface area (Å²) in [5, 5.41) is 5.99. The molecule has 2 aromatic rings. The predicted molar refractivity (Wildman–Crippen MR) is 109 cm³/mol. The van der Waals surface area contributed by atoms with Gasteiger partial charge in [-0.05, 0) is 67.7 Å². The Morgan fingerprint density at radius 3 is 2.79 bits per heavy atom. The molecule has 6 nitrogen and oxygen atoms in total. The summed E-state index contributed by atoms with van der Waals surface area (Å²) in [5.74, 6) is 1.13. The van der Waals surface area contributed by atoms with E-state index in [1.54, 1.807) is 6.33 Å². The number of nitrogens with zero attached hydrogens (tertiary/aromatic N) is 3. The normalized spacial score (nSPS) is 38.2. The molecule has 0 radical (unpaired) electrons. The Labute approximate surface area is 168 Å². The van der Waals surface area contributed by atoms with Gasteiger partial charge in [0, 0.05) is 13.5 Å². The number of imidazole rings is 1. The Bertz CT molecular complexity index is 1090. The van der Waals surface area contributed by atoms with Crippen LogP contribution >= 0.6 is 0 Å². The number of hydrogen-bond acceptors (Lipinski definition) is 3. The number of amides is 1. The van der Waals surface area contributed by atoms with E-state index in [4.69, 9.17) is 4.99 Å². The smallest absolute Gasteiger partial charge is 0.274 e. The van der Waals surface area contributed by atoms with Gasteiger partial charge >= 0.3 is 0 Å². The number of guanidine groups is 1. The van der Waals surface area contributed by atoms with Crippen LogP contribution in [0.4, 0.5) is 4.39 Å². The van der Waals surface area contributed by atoms with Crippen LogP contribution in [0.25, 0.3) is 17.1 Å². The summed E-state index contributed by atoms with van der Waals surface area (Å²) in [6.07, 6.45) is 8.48. The van der Waals surface area contributed by atoms with E-state index < -0.39 is 5.67 Å². The number of rotatable bonds is 2. The molecule has 2 atom stereocenters. The van der Waals surface area contributed by atoms with E-state index in [-0.39, 0.29) is 11.4 Å². The highest BCUT2D eigenvalue weighted by Gasteiger charge is 2.58. The van der Waals surface area contributed by atoms with Crippen LogP contribution in [0, 0.1) is 11.8 Å². The number of alkyl halides is 1. The molecule has 4 saturated carbocycles. The van der Waals surface area contributed by atoms with E-state index in [1.807, 2.05) is 35.9 Å². The molecule has 2 N–H and O–H groups in total. The lowest BCUT2D eigenvalue weighted by atomic mass is 9.52. The summed E-state index contributed by atoms with van der Waals surface area (Å²) >= 11 is 0. The van der Waals surface area contributed by atoms with Gasteiger partial charge in [-0.15, -0.1) is 0 Å². The number of carbonyl (C=O) groups is 1. The van der Waals surface area contributed by atoms with E-state index >= 15 is 4.39 Å². The van der Waals surface area contributed by atoms with Gasteiger partial charge in [0.25, 0.3) is 5.91 Å². The quantitative estimate of drug-likeness (QED) is 0.771. The highest BCUT2D eigenvalue weighted by Crippen LogP contribution is 2.60. The van der Waals surface area contributed by atoms with Gasteiger partial charge in [0.05, 0.1) is 22.9 Å². The Morgan fingerprint density at radius 1 is 1.24 bits per heavy atom. The summed E-state index contributed by atoms with van der Waals surface area (Å²) < 4.78 is 17.1. The van der Waals surface area contributed by atoms with Gasteiger partial charge in [-0.3, -0.25) is 10.1 Å². The molecule has 29 heavy (non-hydrogen) atoms. The van der Waals surface area contributed by atoms with Crippen LogP contribution in [0.3, 0.4) is 0 Å². The van der Waals surface area contributed by atoms with Crippen molar-refractivity contribution >= 4 is 29.0 Å². The summed E-state index contributed by atoms with van der Waals surface area (Å²) in [4.78, 5) is 21.7. The minimum absolute atomic E-state index is 0.200. The van der Waals surface area contributed by atoms with Crippen molar-refractivity contribution in [2.24, 2.45) is 23.9 Å². The monoisotopic (exact) mass is 393 g/mol. The predicted octanol–water partition coefficient (Wildman–Crippen LogP) is 3.05. The zero-order valence-corrected chi connectivity index (χ0v) is 16.4. The number of halogens is 1. The third kappa shape index (κ3) is 2.78. The fourth-order valence-electron chi connectivity index (χ4n) is 6.42. The summed E-state index contributed by atoms with van der Waals surface area (Å²) in [6.45, 7) is 0. The highest BCUT2D eigenvalue weighted by molar-refractivity contribution is 6.15. The van der Waals surface area contributed by atoms with Gasteiger partial charge in [0.15, 0.2) is 0 Å². The van der Waals surface area contributed by atoms with Crippen LogP contribution in [0.15, 0.2) is 35.2 Å². The molecule has 5 fully saturated rings. The Hall–Kier alpha value is -2.70. The number of aryl methyl sites for hydroxylation is 1. The van der Waals surface area contributed by atoms with Crippen molar-refractivity contribution in [1.82, 2.24) is 20.2 Å². The summed E-state index contributed by atoms with van der Waals surface area (Å²) in [6, 6.07) is 5.89. The van der Waals surface area contributed by atoms with Crippen LogP contribution in [-0.4, -0.2) is 32.6 Å². The second-order valence-electron chi connectivity index (χ2n) is 9.54. The van der Waals surface area contributed by atoms with Crippen LogP contribution in [0.1, 0.15) is 44.1 Å². The Balaban J connectivity index is 1.29. The largest absolute Gasteiger partial charge is 0.334 e. The van der Waals surface area contributed by atoms with Crippen LogP contribution in [-0.2, 0) is 11.8 Å². The highest BCUT2D eigenvalue weighted by atomic mass is 19.1. The van der Waals surface area contributed by atoms with E-state index in [9.17, 15) is 4.79 Å². The van der Waals surface area contributed by atoms with Gasteiger partial charge < -0.3 is 9.88 Å². The van der Waals surface area contributed by atoms with Crippen molar-refractivity contribution in [3.8, 4) is 0 Å². The molecule has 150 valence electrons. The fourth-order valence-corrected chi connectivity index (χ4v) is 6.42. The number of hydrogen-bond donors (Lipinski definition) is 2. The maximum Gasteiger partial charge on any atom is 0.274 e. The first-order chi connectivity index (χ1) is 13.9. The molecule has 7 heteroatoms. The standard InChI is InChI=1S/C22H24FN5O/c1-28-12-24-16-3-2-13(6-18(16)28)5-17-19(29)26-20(25-17)27-22-9-14-4-15(10-22)8-21(23,7-14)11-22/h2-3,5-6,12,14-15H,4,7-11H2,1H3,(H2,25,26,27,29)/b17-5-. The van der Waals surface area contributed by atoms with E-state index in [1.165, 1.54) is 0 Å². The summed E-state index contributed by atoms with van der Waals surface area (Å²) in [7, 11) is 1.95. The minimum Gasteiger partial charge on any atom is -0.334 e. The van der Waals surface area contributed by atoms with E-state index in [2.05, 4.69) is 15.6 Å². The third-order valence-corrected chi connectivity index (χ3v) is 7.10. The molecule has 1 aromatic heterocycles. The van der Waals surface area contributed by atoms with Crippen molar-refractivity contribution in [3.63, 3.8) is 0 Å². The zero-order chi connectivity index (χ0) is 19.8. The first-order valence-corrected chi connectivity index (χ1v) is 10.4. The SMILES string of the molecule is Cn1cnc2ccc(/C=C3\NC(=NC45CC6CC(CC(F)(C6)C4)C5)NC3=O)cc21. The average Bonchev–Trinajstić information content (AvgIpc) is 3.15. The number of fused-ring (bicyclic) bond motifs is 1. The lowest BCUT2D eigenvalue weighted by Gasteiger charge is -2.57. The van der Waals surface area contributed by atoms with Gasteiger partial charge in [-0.2, -0.15) is 0 Å². The number of aromatic nitrogens is 2. The van der Waals surface area contributed by atoms with Gasteiger partial charge in [-0.25, -0.2) is 14.4 Å². The molecule has 1 saturated heterocycles. The van der Waals surface area contributed by atoms with Gasteiger partial charge in [0.1, 0.15) is 11.4 Å². The van der Waals surface area contributed by atoms with E-state index in [0.29, 0.717) is 42.8 Å². The topological polar surface area (TPSA) is 71.3 Å². The first-order valence-electron chi connectivity index (χ1n) is 10.4. The molecule has 2 unspecified atom stereocenters. The van der Waals surface area contributed by atoms with Crippen molar-refractivity contribution in [1.29, 1.82) is 0 Å². The first kappa shape index (κ1) is 17.2. The van der Waals surface area contributed by atoms with Crippen molar-refractivity contribution in [2.75, 3.05) is 0 Å². The molecule has 5 aliphatic rings. The van der Waals surface area contributed by atoms with Gasteiger partial charge in [-0.1, -0.05) is 6.07 Å². The zero-order valence-electron chi connectivity index (χ0n) is 16.4. The molecule has 1 amide bonds. The number of nitrogens with one attached hydrogen (secondary N) is 2. The van der Waals surface area contributed by atoms with Crippen LogP contribution < -0.4 is 10.6 Å². The number of aliphatic imine (C=N–C) groups is 1. The van der Waals surface area contributed by atoms with Gasteiger partial charge in [0.2, 0.25) is 5.96 Å². The van der Waals surface area contributed by atoms with Crippen LogP contribution in [0.2, 0.25) is 0 Å². The minimum atomic E-state index is -1.06. The Kier molecular flexibility index (Phi) is 3.36. The molecule has 4 aliphatic carbocycles. The van der Waals surface area contributed by atoms with E-state index in [0.717, 1.165) is 35.9 Å². The summed E-state index contributed by atoms with van der Waals surface area (Å²) in [5.41, 5.74) is 1.88. The average molecular weight is 393 g/mol. The maximum atomic E-state index is 15.2. The lowest BCUT2D eigenvalue weighted by molar-refractivity contribution is -0.115. The molecular weight excluding hydrogens is 369 g/mol. The third-order valence-electron chi connectivity index (χ3n) is 7.10.